The van der Waals surface area contributed by atoms with E-state index in [2.05, 4.69) is 42.3 Å². The minimum Gasteiger partial charge on any atom is -0.370 e. The van der Waals surface area contributed by atoms with Crippen LogP contribution in [0.4, 0.5) is 5.69 Å². The Morgan fingerprint density at radius 2 is 1.95 bits per heavy atom. The van der Waals surface area contributed by atoms with Crippen LogP contribution in [0, 0.1) is 18.8 Å². The van der Waals surface area contributed by atoms with Gasteiger partial charge in [-0.1, -0.05) is 25.1 Å². The van der Waals surface area contributed by atoms with E-state index in [1.165, 1.54) is 16.8 Å². The highest BCUT2D eigenvalue weighted by Gasteiger charge is 2.38. The molecular weight excluding hydrogens is 236 g/mol. The number of hydrogen-bond donors (Lipinski definition) is 1. The molecule has 2 saturated heterocycles. The zero-order valence-electron chi connectivity index (χ0n) is 11.8. The first-order valence-corrected chi connectivity index (χ1v) is 7.28. The molecule has 0 radical (unpaired) electrons. The molecule has 3 nitrogen and oxygen atoms in total. The number of nitrogens with one attached hydrogen (secondary N) is 1. The number of carbonyl (C=O) groups excluding carboxylic acids is 1. The van der Waals surface area contributed by atoms with E-state index in [1.807, 2.05) is 0 Å². The van der Waals surface area contributed by atoms with Crippen molar-refractivity contribution in [1.29, 1.82) is 0 Å². The Morgan fingerprint density at radius 3 is 2.58 bits per heavy atom. The summed E-state index contributed by atoms with van der Waals surface area (Å²) in [5.74, 6) is 0.829. The molecule has 2 aliphatic heterocycles. The fourth-order valence-electron chi connectivity index (χ4n) is 3.52. The van der Waals surface area contributed by atoms with Gasteiger partial charge in [-0.15, -0.1) is 0 Å². The number of hydrogen-bond acceptors (Lipinski definition) is 3. The Kier molecular flexibility index (Phi) is 3.31. The van der Waals surface area contributed by atoms with Crippen LogP contribution >= 0.6 is 0 Å². The van der Waals surface area contributed by atoms with Crippen molar-refractivity contribution in [3.8, 4) is 0 Å². The fraction of sp³-hybridized carbons (Fsp3) is 0.562. The maximum atomic E-state index is 12.2. The van der Waals surface area contributed by atoms with Crippen LogP contribution < -0.4 is 10.2 Å². The molecule has 0 saturated carbocycles. The molecule has 0 spiro atoms. The number of rotatable bonds is 2. The molecular formula is C16H22N2O. The van der Waals surface area contributed by atoms with Gasteiger partial charge in [-0.2, -0.15) is 0 Å². The van der Waals surface area contributed by atoms with Gasteiger partial charge in [-0.3, -0.25) is 4.79 Å². The summed E-state index contributed by atoms with van der Waals surface area (Å²) in [6.07, 6.45) is 1.05. The molecule has 1 N–H and O–H groups in total. The second-order valence-corrected chi connectivity index (χ2v) is 5.80. The predicted molar refractivity (Wildman–Crippen MR) is 77.6 cm³/mol. The second kappa shape index (κ2) is 4.97. The van der Waals surface area contributed by atoms with E-state index in [1.54, 1.807) is 0 Å². The molecule has 2 fully saturated rings. The van der Waals surface area contributed by atoms with Crippen molar-refractivity contribution in [3.05, 3.63) is 29.3 Å². The molecule has 2 atom stereocenters. The topological polar surface area (TPSA) is 32.3 Å². The van der Waals surface area contributed by atoms with E-state index in [0.717, 1.165) is 32.6 Å². The maximum absolute atomic E-state index is 12.2. The third-order valence-corrected chi connectivity index (χ3v) is 4.49. The number of aryl methyl sites for hydroxylation is 2. The van der Waals surface area contributed by atoms with Gasteiger partial charge in [0.05, 0.1) is 0 Å². The van der Waals surface area contributed by atoms with Crippen molar-refractivity contribution in [2.75, 3.05) is 31.1 Å². The van der Waals surface area contributed by atoms with Crippen LogP contribution in [0.1, 0.15) is 18.1 Å². The molecule has 19 heavy (non-hydrogen) atoms. The molecule has 0 aromatic heterocycles. The van der Waals surface area contributed by atoms with Crippen LogP contribution in [0.15, 0.2) is 18.2 Å². The monoisotopic (exact) mass is 258 g/mol. The van der Waals surface area contributed by atoms with Gasteiger partial charge in [0.2, 0.25) is 0 Å². The molecule has 2 unspecified atom stereocenters. The van der Waals surface area contributed by atoms with Crippen LogP contribution in [-0.2, 0) is 11.2 Å². The van der Waals surface area contributed by atoms with Crippen LogP contribution in [0.5, 0.6) is 0 Å². The van der Waals surface area contributed by atoms with E-state index in [0.29, 0.717) is 5.78 Å². The third kappa shape index (κ3) is 2.16. The molecule has 3 heteroatoms. The number of piperidine rings is 2. The molecule has 0 amide bonds. The fourth-order valence-corrected chi connectivity index (χ4v) is 3.52. The summed E-state index contributed by atoms with van der Waals surface area (Å²) < 4.78 is 0. The second-order valence-electron chi connectivity index (χ2n) is 5.80. The van der Waals surface area contributed by atoms with Gasteiger partial charge in [-0.25, -0.2) is 0 Å². The number of benzene rings is 1. The Bertz CT molecular complexity index is 482. The first-order valence-electron chi connectivity index (χ1n) is 7.28. The van der Waals surface area contributed by atoms with Crippen LogP contribution in [0.3, 0.4) is 0 Å². The Labute approximate surface area is 115 Å². The van der Waals surface area contributed by atoms with Crippen LogP contribution in [-0.4, -0.2) is 32.0 Å². The van der Waals surface area contributed by atoms with Gasteiger partial charge >= 0.3 is 0 Å². The molecule has 3 rings (SSSR count). The summed E-state index contributed by atoms with van der Waals surface area (Å²) in [4.78, 5) is 14.6. The van der Waals surface area contributed by atoms with Crippen molar-refractivity contribution >= 4 is 11.5 Å². The molecule has 1 aromatic carbocycles. The molecule has 102 valence electrons. The zero-order valence-corrected chi connectivity index (χ0v) is 11.8. The number of anilines is 1. The van der Waals surface area contributed by atoms with E-state index >= 15 is 0 Å². The van der Waals surface area contributed by atoms with Crippen molar-refractivity contribution in [2.45, 2.75) is 20.3 Å². The lowest BCUT2D eigenvalue weighted by atomic mass is 9.83. The van der Waals surface area contributed by atoms with Crippen LogP contribution in [0.25, 0.3) is 0 Å². The highest BCUT2D eigenvalue weighted by molar-refractivity contribution is 5.87. The van der Waals surface area contributed by atoms with Gasteiger partial charge in [0.1, 0.15) is 5.78 Å². The molecule has 0 aliphatic carbocycles. The van der Waals surface area contributed by atoms with Gasteiger partial charge in [0.25, 0.3) is 0 Å². The van der Waals surface area contributed by atoms with Gasteiger partial charge in [-0.05, 0) is 24.5 Å². The number of nitrogens with zero attached hydrogens (tertiary/aromatic N) is 1. The van der Waals surface area contributed by atoms with E-state index < -0.39 is 0 Å². The summed E-state index contributed by atoms with van der Waals surface area (Å²) >= 11 is 0. The number of ketones is 1. The largest absolute Gasteiger partial charge is 0.370 e. The quantitative estimate of drug-likeness (QED) is 0.877. The van der Waals surface area contributed by atoms with Crippen molar-refractivity contribution in [2.24, 2.45) is 11.8 Å². The van der Waals surface area contributed by atoms with Crippen molar-refractivity contribution in [3.63, 3.8) is 0 Å². The molecule has 2 aliphatic rings. The highest BCUT2D eigenvalue weighted by Crippen LogP contribution is 2.31. The lowest BCUT2D eigenvalue weighted by Crippen LogP contribution is -2.57. The number of fused-ring (bicyclic) bond motifs is 2. The maximum Gasteiger partial charge on any atom is 0.145 e. The minimum absolute atomic E-state index is 0.178. The first-order chi connectivity index (χ1) is 9.20. The summed E-state index contributed by atoms with van der Waals surface area (Å²) in [6.45, 7) is 7.83. The van der Waals surface area contributed by atoms with Gasteiger partial charge in [0, 0.05) is 43.7 Å². The van der Waals surface area contributed by atoms with Crippen molar-refractivity contribution < 1.29 is 4.79 Å². The Hall–Kier alpha value is -1.35. The third-order valence-electron chi connectivity index (χ3n) is 4.49. The predicted octanol–water partition coefficient (Wildman–Crippen LogP) is 1.78. The lowest BCUT2D eigenvalue weighted by molar-refractivity contribution is -0.129. The molecule has 1 aromatic rings. The SMILES string of the molecule is CCc1cccc(C)c1N1CC2CNCC(C1)C2=O. The number of para-hydroxylation sites is 1. The average Bonchev–Trinajstić information content (AvgIpc) is 2.38. The summed E-state index contributed by atoms with van der Waals surface area (Å²) in [6, 6.07) is 6.53. The summed E-state index contributed by atoms with van der Waals surface area (Å²) in [5, 5.41) is 3.38. The Morgan fingerprint density at radius 1 is 1.26 bits per heavy atom. The van der Waals surface area contributed by atoms with Gasteiger partial charge in [0.15, 0.2) is 0 Å². The van der Waals surface area contributed by atoms with E-state index in [-0.39, 0.29) is 11.8 Å². The zero-order chi connectivity index (χ0) is 13.4. The van der Waals surface area contributed by atoms with E-state index in [9.17, 15) is 4.79 Å². The summed E-state index contributed by atoms with van der Waals surface area (Å²) in [5.41, 5.74) is 4.11. The summed E-state index contributed by atoms with van der Waals surface area (Å²) in [7, 11) is 0. The van der Waals surface area contributed by atoms with Gasteiger partial charge < -0.3 is 10.2 Å². The number of Topliss-reactive ketones (excluding diaryl/α,β-unsaturated/α-hetero) is 1. The minimum atomic E-state index is 0.178. The van der Waals surface area contributed by atoms with Crippen LogP contribution in [0.2, 0.25) is 0 Å². The van der Waals surface area contributed by atoms with Crippen molar-refractivity contribution in [1.82, 2.24) is 5.32 Å². The highest BCUT2D eigenvalue weighted by atomic mass is 16.1. The normalized spacial score (nSPS) is 26.6. The smallest absolute Gasteiger partial charge is 0.145 e. The lowest BCUT2D eigenvalue weighted by Gasteiger charge is -2.42. The number of carbonyl (C=O) groups is 1. The Balaban J connectivity index is 1.93. The molecule has 2 bridgehead atoms. The first kappa shape index (κ1) is 12.7. The molecule has 2 heterocycles. The van der Waals surface area contributed by atoms with E-state index in [4.69, 9.17) is 0 Å². The average molecular weight is 258 g/mol. The standard InChI is InChI=1S/C16H22N2O/c1-3-12-6-4-5-11(2)15(12)18-9-13-7-17-8-14(10-18)16(13)19/h4-6,13-14,17H,3,7-10H2,1-2H3.